The molecule has 0 saturated carbocycles. The van der Waals surface area contributed by atoms with Crippen LogP contribution in [0.4, 0.5) is 5.82 Å². The fourth-order valence-electron chi connectivity index (χ4n) is 2.99. The first-order valence-corrected chi connectivity index (χ1v) is 10.8. The molecule has 0 amide bonds. The number of aromatic nitrogens is 2. The number of nitrogens with zero attached hydrogens (tertiary/aromatic N) is 4. The van der Waals surface area contributed by atoms with E-state index in [0.717, 1.165) is 55.0 Å². The van der Waals surface area contributed by atoms with E-state index in [1.54, 1.807) is 11.3 Å². The van der Waals surface area contributed by atoms with Crippen LogP contribution in [0.2, 0.25) is 0 Å². The van der Waals surface area contributed by atoms with E-state index < -0.39 is 0 Å². The van der Waals surface area contributed by atoms with Crippen LogP contribution >= 0.6 is 11.3 Å². The van der Waals surface area contributed by atoms with Gasteiger partial charge in [-0.25, -0.2) is 15.0 Å². The molecular formula is C20H30N6OS. The summed E-state index contributed by atoms with van der Waals surface area (Å²) < 4.78 is 5.60. The van der Waals surface area contributed by atoms with Crippen LogP contribution < -0.4 is 15.5 Å². The van der Waals surface area contributed by atoms with E-state index >= 15 is 0 Å². The molecule has 1 saturated heterocycles. The predicted octanol–water partition coefficient (Wildman–Crippen LogP) is 2.58. The first kappa shape index (κ1) is 20.5. The van der Waals surface area contributed by atoms with Crippen molar-refractivity contribution >= 4 is 23.1 Å². The zero-order chi connectivity index (χ0) is 19.8. The normalized spacial score (nSPS) is 17.6. The van der Waals surface area contributed by atoms with Crippen molar-refractivity contribution in [2.24, 2.45) is 4.99 Å². The van der Waals surface area contributed by atoms with Gasteiger partial charge in [-0.1, -0.05) is 13.0 Å². The molecule has 0 radical (unpaired) electrons. The topological polar surface area (TPSA) is 74.7 Å². The van der Waals surface area contributed by atoms with E-state index in [4.69, 9.17) is 4.74 Å². The Labute approximate surface area is 171 Å². The lowest BCUT2D eigenvalue weighted by atomic mass is 10.2. The van der Waals surface area contributed by atoms with Crippen LogP contribution in [0.15, 0.2) is 29.5 Å². The number of rotatable bonds is 7. The summed E-state index contributed by atoms with van der Waals surface area (Å²) in [7, 11) is 0. The zero-order valence-corrected chi connectivity index (χ0v) is 17.8. The summed E-state index contributed by atoms with van der Waals surface area (Å²) in [6.07, 6.45) is 5.14. The summed E-state index contributed by atoms with van der Waals surface area (Å²) in [5.74, 6) is 1.80. The molecule has 152 valence electrons. The average Bonchev–Trinajstić information content (AvgIpc) is 3.19. The minimum atomic E-state index is 0.250. The van der Waals surface area contributed by atoms with E-state index in [2.05, 4.69) is 63.4 Å². The fraction of sp³-hybridized carbons (Fsp3) is 0.550. The molecule has 8 heteroatoms. The first-order valence-electron chi connectivity index (χ1n) is 9.95. The van der Waals surface area contributed by atoms with Crippen molar-refractivity contribution in [2.75, 3.05) is 31.1 Å². The SMILES string of the molecule is CCNC(=NCc1ccc(N2CCOC(C)C2)nc1)NCc1ncc(CC)s1. The molecule has 1 fully saturated rings. The van der Waals surface area contributed by atoms with Crippen LogP contribution in [0.1, 0.15) is 36.2 Å². The van der Waals surface area contributed by atoms with Crippen LogP contribution in [0.3, 0.4) is 0 Å². The quantitative estimate of drug-likeness (QED) is 0.548. The number of guanidine groups is 1. The number of morpholine rings is 1. The summed E-state index contributed by atoms with van der Waals surface area (Å²) in [6, 6.07) is 4.18. The van der Waals surface area contributed by atoms with Crippen LogP contribution in [0, 0.1) is 0 Å². The number of aliphatic imine (C=N–C) groups is 1. The van der Waals surface area contributed by atoms with Crippen molar-refractivity contribution in [3.8, 4) is 0 Å². The molecule has 28 heavy (non-hydrogen) atoms. The highest BCUT2D eigenvalue weighted by Crippen LogP contribution is 2.16. The minimum Gasteiger partial charge on any atom is -0.375 e. The van der Waals surface area contributed by atoms with E-state index in [9.17, 15) is 0 Å². The molecule has 1 atom stereocenters. The third kappa shape index (κ3) is 5.90. The van der Waals surface area contributed by atoms with Crippen LogP contribution in [-0.2, 0) is 24.2 Å². The molecule has 3 rings (SSSR count). The molecule has 2 aromatic rings. The molecule has 3 heterocycles. The molecule has 0 bridgehead atoms. The Balaban J connectivity index is 1.56. The summed E-state index contributed by atoms with van der Waals surface area (Å²) in [4.78, 5) is 17.3. The van der Waals surface area contributed by atoms with Crippen molar-refractivity contribution in [1.29, 1.82) is 0 Å². The molecule has 1 unspecified atom stereocenters. The standard InChI is InChI=1S/C20H30N6OS/c1-4-17-12-23-19(28-17)13-25-20(21-5-2)24-11-16-6-7-18(22-10-16)26-8-9-27-15(3)14-26/h6-7,10,12,15H,4-5,8-9,11,13-14H2,1-3H3,(H2,21,24,25). The maximum absolute atomic E-state index is 5.60. The third-order valence-electron chi connectivity index (χ3n) is 4.50. The van der Waals surface area contributed by atoms with Gasteiger partial charge in [-0.05, 0) is 31.9 Å². The van der Waals surface area contributed by atoms with Gasteiger partial charge in [-0.2, -0.15) is 0 Å². The van der Waals surface area contributed by atoms with Gasteiger partial charge in [-0.3, -0.25) is 0 Å². The molecule has 0 aliphatic carbocycles. The van der Waals surface area contributed by atoms with Gasteiger partial charge in [0.15, 0.2) is 5.96 Å². The molecule has 0 aromatic carbocycles. The largest absolute Gasteiger partial charge is 0.375 e. The number of aryl methyl sites for hydroxylation is 1. The van der Waals surface area contributed by atoms with Crippen molar-refractivity contribution in [2.45, 2.75) is 46.4 Å². The minimum absolute atomic E-state index is 0.250. The number of pyridine rings is 1. The predicted molar refractivity (Wildman–Crippen MR) is 115 cm³/mol. The summed E-state index contributed by atoms with van der Waals surface area (Å²) in [6.45, 7) is 10.9. The lowest BCUT2D eigenvalue weighted by Crippen LogP contribution is -2.41. The molecule has 2 N–H and O–H groups in total. The van der Waals surface area contributed by atoms with E-state index in [0.29, 0.717) is 13.1 Å². The number of nitrogens with one attached hydrogen (secondary N) is 2. The molecular weight excluding hydrogens is 372 g/mol. The van der Waals surface area contributed by atoms with Gasteiger partial charge >= 0.3 is 0 Å². The lowest BCUT2D eigenvalue weighted by Gasteiger charge is -2.32. The third-order valence-corrected chi connectivity index (χ3v) is 5.64. The molecule has 2 aromatic heterocycles. The Morgan fingerprint density at radius 1 is 1.29 bits per heavy atom. The zero-order valence-electron chi connectivity index (χ0n) is 16.9. The molecule has 7 nitrogen and oxygen atoms in total. The van der Waals surface area contributed by atoms with Crippen molar-refractivity contribution < 1.29 is 4.74 Å². The van der Waals surface area contributed by atoms with Gasteiger partial charge < -0.3 is 20.3 Å². The maximum atomic E-state index is 5.60. The molecule has 1 aliphatic rings. The monoisotopic (exact) mass is 402 g/mol. The molecule has 0 spiro atoms. The second-order valence-corrected chi connectivity index (χ2v) is 7.97. The van der Waals surface area contributed by atoms with E-state index in [-0.39, 0.29) is 6.10 Å². The highest BCUT2D eigenvalue weighted by Gasteiger charge is 2.17. The lowest BCUT2D eigenvalue weighted by molar-refractivity contribution is 0.0529. The van der Waals surface area contributed by atoms with E-state index in [1.807, 2.05) is 12.4 Å². The van der Waals surface area contributed by atoms with Crippen molar-refractivity contribution in [3.63, 3.8) is 0 Å². The number of hydrogen-bond acceptors (Lipinski definition) is 6. The van der Waals surface area contributed by atoms with Crippen LogP contribution in [0.5, 0.6) is 0 Å². The fourth-order valence-corrected chi connectivity index (χ4v) is 3.79. The van der Waals surface area contributed by atoms with Gasteiger partial charge in [-0.15, -0.1) is 11.3 Å². The smallest absolute Gasteiger partial charge is 0.191 e. The van der Waals surface area contributed by atoms with E-state index in [1.165, 1.54) is 4.88 Å². The molecule has 1 aliphatic heterocycles. The number of hydrogen-bond donors (Lipinski definition) is 2. The Bertz CT molecular complexity index is 760. The summed E-state index contributed by atoms with van der Waals surface area (Å²) in [5.41, 5.74) is 1.09. The Morgan fingerprint density at radius 3 is 2.86 bits per heavy atom. The number of ether oxygens (including phenoxy) is 1. The highest BCUT2D eigenvalue weighted by molar-refractivity contribution is 7.11. The second kappa shape index (κ2) is 10.4. The highest BCUT2D eigenvalue weighted by atomic mass is 32.1. The van der Waals surface area contributed by atoms with Gasteiger partial charge in [0, 0.05) is 36.9 Å². The summed E-state index contributed by atoms with van der Waals surface area (Å²) >= 11 is 1.74. The van der Waals surface area contributed by atoms with Gasteiger partial charge in [0.05, 0.1) is 25.8 Å². The Morgan fingerprint density at radius 2 is 2.18 bits per heavy atom. The number of thiazole rings is 1. The van der Waals surface area contributed by atoms with Crippen molar-refractivity contribution in [3.05, 3.63) is 40.0 Å². The maximum Gasteiger partial charge on any atom is 0.191 e. The van der Waals surface area contributed by atoms with Gasteiger partial charge in [0.1, 0.15) is 10.8 Å². The van der Waals surface area contributed by atoms with Crippen molar-refractivity contribution in [1.82, 2.24) is 20.6 Å². The van der Waals surface area contributed by atoms with Gasteiger partial charge in [0.25, 0.3) is 0 Å². The van der Waals surface area contributed by atoms with Gasteiger partial charge in [0.2, 0.25) is 0 Å². The Kier molecular flexibility index (Phi) is 7.62. The number of anilines is 1. The first-order chi connectivity index (χ1) is 13.7. The van der Waals surface area contributed by atoms with Crippen LogP contribution in [0.25, 0.3) is 0 Å². The second-order valence-electron chi connectivity index (χ2n) is 6.77. The van der Waals surface area contributed by atoms with Crippen LogP contribution in [-0.4, -0.2) is 48.3 Å². The summed E-state index contributed by atoms with van der Waals surface area (Å²) in [5, 5.41) is 7.72. The Hall–Kier alpha value is -2.19. The average molecular weight is 403 g/mol.